The number of rotatable bonds is 12. The highest BCUT2D eigenvalue weighted by molar-refractivity contribution is 5.84. The van der Waals surface area contributed by atoms with Crippen LogP contribution in [0.1, 0.15) is 33.4 Å². The van der Waals surface area contributed by atoms with E-state index in [9.17, 15) is 10.5 Å². The lowest BCUT2D eigenvalue weighted by molar-refractivity contribution is 0.416. The Balaban J connectivity index is 1.12. The summed E-state index contributed by atoms with van der Waals surface area (Å²) in [5.41, 5.74) is 10.0. The van der Waals surface area contributed by atoms with Crippen LogP contribution in [0.25, 0.3) is 24.3 Å². The zero-order valence-electron chi connectivity index (χ0n) is 31.1. The molecule has 0 spiro atoms. The SMILES string of the molecule is COc1ccccc1N(c1ccccc1)c1ccc(C=Cc2cc(C#N)c(C=Cc3ccc(N(c4ccccc4)c4ccccc4OC)cc3)cc2C#N)cc1. The van der Waals surface area contributed by atoms with Gasteiger partial charge in [-0.15, -0.1) is 0 Å². The molecule has 0 atom stereocenters. The molecule has 0 aliphatic rings. The van der Waals surface area contributed by atoms with Crippen LogP contribution in [0.4, 0.5) is 34.1 Å². The van der Waals surface area contributed by atoms with Crippen molar-refractivity contribution in [1.82, 2.24) is 0 Å². The van der Waals surface area contributed by atoms with Gasteiger partial charge >= 0.3 is 0 Å². The summed E-state index contributed by atoms with van der Waals surface area (Å²) in [4.78, 5) is 4.31. The van der Waals surface area contributed by atoms with Gasteiger partial charge < -0.3 is 19.3 Å². The summed E-state index contributed by atoms with van der Waals surface area (Å²) in [5, 5.41) is 20.3. The lowest BCUT2D eigenvalue weighted by atomic mass is 9.97. The third-order valence-electron chi connectivity index (χ3n) is 9.36. The molecule has 0 aliphatic carbocycles. The molecule has 0 unspecified atom stereocenters. The predicted octanol–water partition coefficient (Wildman–Crippen LogP) is 12.7. The van der Waals surface area contributed by atoms with Gasteiger partial charge in [0.15, 0.2) is 0 Å². The van der Waals surface area contributed by atoms with E-state index in [0.29, 0.717) is 22.3 Å². The van der Waals surface area contributed by atoms with Crippen molar-refractivity contribution < 1.29 is 9.47 Å². The first-order chi connectivity index (χ1) is 27.6. The summed E-state index contributed by atoms with van der Waals surface area (Å²) >= 11 is 0. The third-order valence-corrected chi connectivity index (χ3v) is 9.36. The number of hydrogen-bond donors (Lipinski definition) is 0. The van der Waals surface area contributed by atoms with E-state index >= 15 is 0 Å². The van der Waals surface area contributed by atoms with Crippen LogP contribution in [0.2, 0.25) is 0 Å². The van der Waals surface area contributed by atoms with Gasteiger partial charge in [0.05, 0.1) is 48.9 Å². The van der Waals surface area contributed by atoms with E-state index in [0.717, 1.165) is 56.8 Å². The van der Waals surface area contributed by atoms with Gasteiger partial charge in [-0.25, -0.2) is 0 Å². The minimum Gasteiger partial charge on any atom is -0.495 e. The molecule has 270 valence electrons. The molecule has 0 radical (unpaired) electrons. The second kappa shape index (κ2) is 17.4. The molecule has 6 nitrogen and oxygen atoms in total. The Labute approximate surface area is 328 Å². The van der Waals surface area contributed by atoms with E-state index in [1.807, 2.05) is 133 Å². The highest BCUT2D eigenvalue weighted by Gasteiger charge is 2.17. The lowest BCUT2D eigenvalue weighted by Gasteiger charge is -2.27. The largest absolute Gasteiger partial charge is 0.495 e. The zero-order valence-corrected chi connectivity index (χ0v) is 31.1. The molecule has 0 saturated carbocycles. The minimum absolute atomic E-state index is 0.480. The summed E-state index contributed by atoms with van der Waals surface area (Å²) in [5.74, 6) is 1.54. The Kier molecular flexibility index (Phi) is 11.3. The van der Waals surface area contributed by atoms with E-state index in [4.69, 9.17) is 9.47 Å². The van der Waals surface area contributed by atoms with Crippen LogP contribution in [0, 0.1) is 22.7 Å². The van der Waals surface area contributed by atoms with Crippen molar-refractivity contribution in [3.63, 3.8) is 0 Å². The van der Waals surface area contributed by atoms with Gasteiger partial charge in [0.25, 0.3) is 0 Å². The van der Waals surface area contributed by atoms with Crippen LogP contribution in [0.3, 0.4) is 0 Å². The molecule has 7 aromatic carbocycles. The van der Waals surface area contributed by atoms with Gasteiger partial charge in [0, 0.05) is 22.7 Å². The van der Waals surface area contributed by atoms with Crippen molar-refractivity contribution in [3.05, 3.63) is 203 Å². The van der Waals surface area contributed by atoms with Crippen molar-refractivity contribution in [2.75, 3.05) is 24.0 Å². The fourth-order valence-electron chi connectivity index (χ4n) is 6.58. The second-order valence-electron chi connectivity index (χ2n) is 12.8. The first-order valence-electron chi connectivity index (χ1n) is 18.1. The normalized spacial score (nSPS) is 10.9. The molecule has 0 bridgehead atoms. The molecule has 0 aromatic heterocycles. The van der Waals surface area contributed by atoms with E-state index in [1.54, 1.807) is 26.4 Å². The zero-order chi connectivity index (χ0) is 38.7. The molecular weight excluding hydrogens is 689 g/mol. The van der Waals surface area contributed by atoms with Crippen LogP contribution < -0.4 is 19.3 Å². The topological polar surface area (TPSA) is 72.5 Å². The van der Waals surface area contributed by atoms with E-state index in [2.05, 4.69) is 70.5 Å². The van der Waals surface area contributed by atoms with Crippen LogP contribution in [0.5, 0.6) is 11.5 Å². The molecule has 0 aliphatic heterocycles. The maximum absolute atomic E-state index is 10.1. The number of nitrogens with zero attached hydrogens (tertiary/aromatic N) is 4. The summed E-state index contributed by atoms with van der Waals surface area (Å²) in [6.07, 6.45) is 7.68. The molecular formula is C50H38N4O2. The number of ether oxygens (including phenoxy) is 2. The lowest BCUT2D eigenvalue weighted by Crippen LogP contribution is -2.11. The Morgan fingerprint density at radius 1 is 0.411 bits per heavy atom. The van der Waals surface area contributed by atoms with Crippen LogP contribution in [0.15, 0.2) is 170 Å². The smallest absolute Gasteiger partial charge is 0.142 e. The Hall–Kier alpha value is -7.80. The number of nitriles is 2. The molecule has 0 saturated heterocycles. The Bertz CT molecular complexity index is 2390. The maximum Gasteiger partial charge on any atom is 0.142 e. The molecule has 56 heavy (non-hydrogen) atoms. The fraction of sp³-hybridized carbons (Fsp3) is 0.0400. The van der Waals surface area contributed by atoms with Gasteiger partial charge in [-0.3, -0.25) is 0 Å². The van der Waals surface area contributed by atoms with Gasteiger partial charge in [0.1, 0.15) is 11.5 Å². The Morgan fingerprint density at radius 2 is 0.750 bits per heavy atom. The van der Waals surface area contributed by atoms with Crippen molar-refractivity contribution in [2.45, 2.75) is 0 Å². The number of benzene rings is 7. The van der Waals surface area contributed by atoms with Crippen molar-refractivity contribution in [3.8, 4) is 23.6 Å². The average Bonchev–Trinajstić information content (AvgIpc) is 3.27. The first-order valence-corrected chi connectivity index (χ1v) is 18.1. The summed E-state index contributed by atoms with van der Waals surface area (Å²) in [7, 11) is 3.35. The van der Waals surface area contributed by atoms with Crippen molar-refractivity contribution in [2.24, 2.45) is 0 Å². The highest BCUT2D eigenvalue weighted by Crippen LogP contribution is 2.41. The second-order valence-corrected chi connectivity index (χ2v) is 12.8. The van der Waals surface area contributed by atoms with E-state index in [-0.39, 0.29) is 0 Å². The molecule has 0 N–H and O–H groups in total. The van der Waals surface area contributed by atoms with Gasteiger partial charge in [-0.05, 0) is 107 Å². The van der Waals surface area contributed by atoms with E-state index < -0.39 is 0 Å². The van der Waals surface area contributed by atoms with Crippen LogP contribution in [-0.2, 0) is 0 Å². The number of anilines is 6. The molecule has 7 rings (SSSR count). The highest BCUT2D eigenvalue weighted by atomic mass is 16.5. The summed E-state index contributed by atoms with van der Waals surface area (Å²) in [6, 6.07) is 60.8. The van der Waals surface area contributed by atoms with Gasteiger partial charge in [-0.2, -0.15) is 10.5 Å². The molecule has 0 fully saturated rings. The minimum atomic E-state index is 0.480. The summed E-state index contributed by atoms with van der Waals surface area (Å²) < 4.78 is 11.4. The number of hydrogen-bond acceptors (Lipinski definition) is 6. The Morgan fingerprint density at radius 3 is 1.11 bits per heavy atom. The van der Waals surface area contributed by atoms with Gasteiger partial charge in [-0.1, -0.05) is 109 Å². The molecule has 0 amide bonds. The average molecular weight is 727 g/mol. The first kappa shape index (κ1) is 36.6. The molecule has 7 aromatic rings. The van der Waals surface area contributed by atoms with Crippen molar-refractivity contribution >= 4 is 58.4 Å². The van der Waals surface area contributed by atoms with E-state index in [1.165, 1.54) is 0 Å². The molecule has 6 heteroatoms. The van der Waals surface area contributed by atoms with Crippen molar-refractivity contribution in [1.29, 1.82) is 10.5 Å². The maximum atomic E-state index is 10.1. The standard InChI is InChI=1S/C50H38N4O2/c1-55-49-19-11-9-17-47(49)53(43-13-5-3-6-14-43)45-29-23-37(24-30-45)21-27-39-33-42(36-52)40(34-41(39)35-51)28-22-38-25-31-46(32-26-38)54(44-15-7-4-8-16-44)48-18-10-12-20-50(48)56-2/h3-34H,1-2H3. The monoisotopic (exact) mass is 726 g/mol. The van der Waals surface area contributed by atoms with Gasteiger partial charge in [0.2, 0.25) is 0 Å². The third kappa shape index (κ3) is 8.06. The number of methoxy groups -OCH3 is 2. The summed E-state index contributed by atoms with van der Waals surface area (Å²) in [6.45, 7) is 0. The van der Waals surface area contributed by atoms with Crippen LogP contribution >= 0.6 is 0 Å². The quantitative estimate of drug-likeness (QED) is 0.117. The van der Waals surface area contributed by atoms with Crippen LogP contribution in [-0.4, -0.2) is 14.2 Å². The number of para-hydroxylation sites is 6. The fourth-order valence-corrected chi connectivity index (χ4v) is 6.58. The molecule has 0 heterocycles. The predicted molar refractivity (Wildman–Crippen MR) is 229 cm³/mol.